The number of hydrogen-bond donors (Lipinski definition) is 0. The number of benzene rings is 1. The van der Waals surface area contributed by atoms with Crippen LogP contribution >= 0.6 is 0 Å². The molecular formula is C13H20LiN. The predicted molar refractivity (Wildman–Crippen MR) is 61.4 cm³/mol. The van der Waals surface area contributed by atoms with Crippen molar-refractivity contribution in [3.63, 3.8) is 0 Å². The molecule has 1 rings (SSSR count). The molecule has 0 aliphatic rings. The van der Waals surface area contributed by atoms with Gasteiger partial charge in [-0.1, -0.05) is 26.7 Å². The largest absolute Gasteiger partial charge is 1.00 e. The van der Waals surface area contributed by atoms with Crippen LogP contribution in [-0.2, 0) is 19.4 Å². The van der Waals surface area contributed by atoms with E-state index in [1.54, 1.807) is 0 Å². The van der Waals surface area contributed by atoms with Gasteiger partial charge < -0.3 is 4.90 Å². The third-order valence-corrected chi connectivity index (χ3v) is 2.32. The van der Waals surface area contributed by atoms with Crippen LogP contribution in [0.2, 0.25) is 0 Å². The van der Waals surface area contributed by atoms with E-state index in [9.17, 15) is 0 Å². The first-order valence-corrected chi connectivity index (χ1v) is 5.34. The van der Waals surface area contributed by atoms with E-state index in [1.165, 1.54) is 16.7 Å². The van der Waals surface area contributed by atoms with Crippen molar-refractivity contribution >= 4 is 0 Å². The normalized spacial score (nSPS) is 10.2. The Kier molecular flexibility index (Phi) is 7.01. The molecule has 0 unspecified atom stereocenters. The molecule has 15 heavy (non-hydrogen) atoms. The Morgan fingerprint density at radius 2 is 1.67 bits per heavy atom. The Bertz CT molecular complexity index is 272. The maximum absolute atomic E-state index is 3.46. The minimum atomic E-state index is 0. The summed E-state index contributed by atoms with van der Waals surface area (Å²) in [4.78, 5) is 2.19. The molecule has 0 aliphatic heterocycles. The van der Waals surface area contributed by atoms with Crippen LogP contribution < -0.4 is 18.9 Å². The third-order valence-electron chi connectivity index (χ3n) is 2.32. The van der Waals surface area contributed by atoms with E-state index >= 15 is 0 Å². The minimum absolute atomic E-state index is 0. The molecule has 1 aromatic carbocycles. The van der Waals surface area contributed by atoms with Gasteiger partial charge in [0.1, 0.15) is 0 Å². The van der Waals surface area contributed by atoms with Gasteiger partial charge in [-0.05, 0) is 14.1 Å². The van der Waals surface area contributed by atoms with Crippen LogP contribution in [0.1, 0.15) is 30.5 Å². The van der Waals surface area contributed by atoms with Crippen LogP contribution in [0.25, 0.3) is 0 Å². The van der Waals surface area contributed by atoms with E-state index in [0.29, 0.717) is 0 Å². The summed E-state index contributed by atoms with van der Waals surface area (Å²) in [6.45, 7) is 5.37. The molecule has 0 saturated carbocycles. The molecule has 0 radical (unpaired) electrons. The van der Waals surface area contributed by atoms with Crippen LogP contribution in [0.15, 0.2) is 12.1 Å². The van der Waals surface area contributed by atoms with E-state index in [4.69, 9.17) is 0 Å². The monoisotopic (exact) mass is 197 g/mol. The molecule has 0 amide bonds. The zero-order valence-corrected chi connectivity index (χ0v) is 10.7. The van der Waals surface area contributed by atoms with Gasteiger partial charge in [-0.25, -0.2) is 0 Å². The Balaban J connectivity index is 0.00000196. The van der Waals surface area contributed by atoms with Gasteiger partial charge in [0.25, 0.3) is 0 Å². The first-order valence-electron chi connectivity index (χ1n) is 5.34. The van der Waals surface area contributed by atoms with Crippen molar-refractivity contribution in [3.8, 4) is 0 Å². The van der Waals surface area contributed by atoms with Crippen LogP contribution in [-0.4, -0.2) is 19.0 Å². The first kappa shape index (κ1) is 14.8. The smallest absolute Gasteiger partial charge is 0.307 e. The molecule has 0 N–H and O–H groups in total. The van der Waals surface area contributed by atoms with Crippen LogP contribution in [0.4, 0.5) is 0 Å². The van der Waals surface area contributed by atoms with E-state index in [-0.39, 0.29) is 18.9 Å². The van der Waals surface area contributed by atoms with E-state index in [0.717, 1.165) is 19.4 Å². The molecule has 0 saturated heterocycles. The number of rotatable bonds is 4. The van der Waals surface area contributed by atoms with Gasteiger partial charge in [0, 0.05) is 6.54 Å². The van der Waals surface area contributed by atoms with E-state index < -0.39 is 0 Å². The zero-order valence-electron chi connectivity index (χ0n) is 10.7. The van der Waals surface area contributed by atoms with Gasteiger partial charge in [-0.3, -0.25) is 0 Å². The minimum Gasteiger partial charge on any atom is -0.307 e. The van der Waals surface area contributed by atoms with Crippen molar-refractivity contribution in [2.24, 2.45) is 0 Å². The van der Waals surface area contributed by atoms with Crippen LogP contribution in [0.3, 0.4) is 0 Å². The summed E-state index contributed by atoms with van der Waals surface area (Å²) in [5, 5.41) is 0. The molecule has 0 atom stereocenters. The Hall–Kier alpha value is -0.223. The van der Waals surface area contributed by atoms with Gasteiger partial charge in [0.05, 0.1) is 0 Å². The fourth-order valence-corrected chi connectivity index (χ4v) is 1.59. The SMILES string of the molecule is CCc1[c-]c(CN(C)C)cc(CC)c1.[Li+]. The fraction of sp³-hybridized carbons (Fsp3) is 0.538. The molecule has 0 heterocycles. The summed E-state index contributed by atoms with van der Waals surface area (Å²) in [7, 11) is 4.19. The molecule has 0 fully saturated rings. The summed E-state index contributed by atoms with van der Waals surface area (Å²) < 4.78 is 0. The number of hydrogen-bond acceptors (Lipinski definition) is 1. The van der Waals surface area contributed by atoms with E-state index in [1.807, 2.05) is 0 Å². The van der Waals surface area contributed by atoms with Crippen molar-refractivity contribution in [1.82, 2.24) is 4.90 Å². The standard InChI is InChI=1S/C13H20N.Li/c1-5-11-7-12(6-2)9-13(8-11)10-14(3)4;/h7-8H,5-6,10H2,1-4H3;/q-1;+1. The maximum Gasteiger partial charge on any atom is 1.00 e. The first-order chi connectivity index (χ1) is 6.65. The molecule has 0 aliphatic carbocycles. The van der Waals surface area contributed by atoms with Crippen molar-refractivity contribution < 1.29 is 18.9 Å². The zero-order chi connectivity index (χ0) is 10.6. The predicted octanol–water partition coefficient (Wildman–Crippen LogP) is -0.323. The molecule has 78 valence electrons. The fourth-order valence-electron chi connectivity index (χ4n) is 1.59. The van der Waals surface area contributed by atoms with Gasteiger partial charge in [0.2, 0.25) is 0 Å². The van der Waals surface area contributed by atoms with Crippen molar-refractivity contribution in [2.75, 3.05) is 14.1 Å². The van der Waals surface area contributed by atoms with Crippen molar-refractivity contribution in [2.45, 2.75) is 33.2 Å². The quantitative estimate of drug-likeness (QED) is 0.472. The Morgan fingerprint density at radius 3 is 2.13 bits per heavy atom. The van der Waals surface area contributed by atoms with Gasteiger partial charge in [-0.15, -0.1) is 5.56 Å². The summed E-state index contributed by atoms with van der Waals surface area (Å²) in [6.07, 6.45) is 2.19. The molecule has 0 spiro atoms. The summed E-state index contributed by atoms with van der Waals surface area (Å²) in [5.74, 6) is 0. The topological polar surface area (TPSA) is 3.24 Å². The molecule has 1 nitrogen and oxygen atoms in total. The second-order valence-corrected chi connectivity index (χ2v) is 3.98. The Morgan fingerprint density at radius 1 is 1.07 bits per heavy atom. The van der Waals surface area contributed by atoms with E-state index in [2.05, 4.69) is 51.0 Å². The molecular weight excluding hydrogens is 177 g/mol. The molecule has 0 aromatic heterocycles. The molecule has 2 heteroatoms. The average molecular weight is 197 g/mol. The Labute approximate surface area is 106 Å². The summed E-state index contributed by atoms with van der Waals surface area (Å²) >= 11 is 0. The van der Waals surface area contributed by atoms with Crippen LogP contribution in [0.5, 0.6) is 0 Å². The van der Waals surface area contributed by atoms with Gasteiger partial charge in [0.15, 0.2) is 0 Å². The third kappa shape index (κ3) is 4.89. The van der Waals surface area contributed by atoms with Gasteiger partial charge >= 0.3 is 18.9 Å². The van der Waals surface area contributed by atoms with Crippen molar-refractivity contribution in [1.29, 1.82) is 0 Å². The average Bonchev–Trinajstić information content (AvgIpc) is 2.16. The molecule has 0 bridgehead atoms. The van der Waals surface area contributed by atoms with Crippen LogP contribution in [0, 0.1) is 6.07 Å². The van der Waals surface area contributed by atoms with Gasteiger partial charge in [-0.2, -0.15) is 29.3 Å². The second-order valence-electron chi connectivity index (χ2n) is 3.98. The number of aryl methyl sites for hydroxylation is 2. The summed E-state index contributed by atoms with van der Waals surface area (Å²) in [5.41, 5.74) is 4.07. The molecule has 1 aromatic rings. The summed E-state index contributed by atoms with van der Waals surface area (Å²) in [6, 6.07) is 7.98. The maximum atomic E-state index is 3.46. The number of nitrogens with zero attached hydrogens (tertiary/aromatic N) is 1. The second kappa shape index (κ2) is 7.12. The van der Waals surface area contributed by atoms with Crippen molar-refractivity contribution in [3.05, 3.63) is 34.9 Å².